The highest BCUT2D eigenvalue weighted by Crippen LogP contribution is 2.15. The van der Waals surface area contributed by atoms with Crippen LogP contribution in [0.3, 0.4) is 0 Å². The Morgan fingerprint density at radius 1 is 1.33 bits per heavy atom. The Morgan fingerprint density at radius 2 is 2.22 bits per heavy atom. The number of hydrogen-bond acceptors (Lipinski definition) is 3. The lowest BCUT2D eigenvalue weighted by atomic mass is 10.2. The van der Waals surface area contributed by atoms with Crippen molar-refractivity contribution < 1.29 is 4.74 Å². The van der Waals surface area contributed by atoms with Crippen LogP contribution in [0, 0.1) is 0 Å². The minimum absolute atomic E-state index is 0.0949. The molecule has 0 radical (unpaired) electrons. The Labute approximate surface area is 105 Å². The molecule has 1 saturated heterocycles. The van der Waals surface area contributed by atoms with E-state index in [9.17, 15) is 4.79 Å². The molecule has 18 heavy (non-hydrogen) atoms. The predicted molar refractivity (Wildman–Crippen MR) is 71.1 cm³/mol. The van der Waals surface area contributed by atoms with Crippen molar-refractivity contribution in [3.63, 3.8) is 0 Å². The smallest absolute Gasteiger partial charge is 0.258 e. The molecule has 2 heterocycles. The second kappa shape index (κ2) is 4.82. The van der Waals surface area contributed by atoms with Crippen LogP contribution in [-0.2, 0) is 0 Å². The standard InChI is InChI=1S/C14H16N2O2/c17-14-12-6-2-1-4-10(12)8-13(16-14)18-9-11-5-3-7-15-11/h1-2,4,6,8,11,15H,3,5,7,9H2,(H,16,17). The maximum absolute atomic E-state index is 11.8. The van der Waals surface area contributed by atoms with Gasteiger partial charge in [0.2, 0.25) is 0 Å². The van der Waals surface area contributed by atoms with Gasteiger partial charge in [-0.1, -0.05) is 18.2 Å². The minimum Gasteiger partial charge on any atom is -0.477 e. The zero-order valence-corrected chi connectivity index (χ0v) is 10.1. The normalized spacial score (nSPS) is 19.2. The first-order chi connectivity index (χ1) is 8.83. The van der Waals surface area contributed by atoms with Crippen LogP contribution in [0.4, 0.5) is 0 Å². The Bertz CT molecular complexity index is 600. The summed E-state index contributed by atoms with van der Waals surface area (Å²) in [6.45, 7) is 1.66. The molecule has 1 aliphatic heterocycles. The molecule has 1 aromatic carbocycles. The third-order valence-corrected chi connectivity index (χ3v) is 3.33. The molecule has 0 saturated carbocycles. The molecule has 1 fully saturated rings. The second-order valence-corrected chi connectivity index (χ2v) is 4.65. The molecule has 0 bridgehead atoms. The van der Waals surface area contributed by atoms with E-state index in [0.29, 0.717) is 23.9 Å². The van der Waals surface area contributed by atoms with Crippen LogP contribution in [0.2, 0.25) is 0 Å². The van der Waals surface area contributed by atoms with E-state index in [1.165, 1.54) is 6.42 Å². The summed E-state index contributed by atoms with van der Waals surface area (Å²) >= 11 is 0. The number of H-pyrrole nitrogens is 1. The molecule has 4 nitrogen and oxygen atoms in total. The number of fused-ring (bicyclic) bond motifs is 1. The van der Waals surface area contributed by atoms with Gasteiger partial charge in [0.05, 0.1) is 0 Å². The fourth-order valence-corrected chi connectivity index (χ4v) is 2.35. The van der Waals surface area contributed by atoms with E-state index < -0.39 is 0 Å². The van der Waals surface area contributed by atoms with E-state index in [1.54, 1.807) is 0 Å². The van der Waals surface area contributed by atoms with Gasteiger partial charge in [-0.15, -0.1) is 0 Å². The molecule has 4 heteroatoms. The summed E-state index contributed by atoms with van der Waals surface area (Å²) in [5, 5.41) is 4.97. The molecule has 1 atom stereocenters. The van der Waals surface area contributed by atoms with Crippen molar-refractivity contribution in [2.45, 2.75) is 18.9 Å². The summed E-state index contributed by atoms with van der Waals surface area (Å²) in [6, 6.07) is 9.80. The number of pyridine rings is 1. The van der Waals surface area contributed by atoms with Gasteiger partial charge in [0.15, 0.2) is 5.88 Å². The fourth-order valence-electron chi connectivity index (χ4n) is 2.35. The number of aromatic amines is 1. The van der Waals surface area contributed by atoms with Gasteiger partial charge in [-0.3, -0.25) is 9.78 Å². The Balaban J connectivity index is 1.81. The zero-order chi connectivity index (χ0) is 12.4. The first kappa shape index (κ1) is 11.3. The lowest BCUT2D eigenvalue weighted by molar-refractivity contribution is 0.267. The van der Waals surface area contributed by atoms with Crippen LogP contribution in [0.15, 0.2) is 35.1 Å². The van der Waals surface area contributed by atoms with Crippen LogP contribution in [0.1, 0.15) is 12.8 Å². The molecule has 1 aliphatic rings. The average molecular weight is 244 g/mol. The topological polar surface area (TPSA) is 54.1 Å². The summed E-state index contributed by atoms with van der Waals surface area (Å²) in [5.41, 5.74) is -0.0949. The molecule has 1 aromatic heterocycles. The summed E-state index contributed by atoms with van der Waals surface area (Å²) in [7, 11) is 0. The van der Waals surface area contributed by atoms with Crippen molar-refractivity contribution in [3.05, 3.63) is 40.7 Å². The van der Waals surface area contributed by atoms with Crippen LogP contribution in [0.5, 0.6) is 5.88 Å². The molecule has 2 aromatic rings. The maximum Gasteiger partial charge on any atom is 0.258 e. The van der Waals surface area contributed by atoms with Crippen molar-refractivity contribution in [2.24, 2.45) is 0 Å². The van der Waals surface area contributed by atoms with Crippen LogP contribution < -0.4 is 15.6 Å². The largest absolute Gasteiger partial charge is 0.477 e. The van der Waals surface area contributed by atoms with E-state index in [0.717, 1.165) is 18.4 Å². The quantitative estimate of drug-likeness (QED) is 0.863. The highest BCUT2D eigenvalue weighted by Gasteiger charge is 2.14. The monoisotopic (exact) mass is 244 g/mol. The summed E-state index contributed by atoms with van der Waals surface area (Å²) in [4.78, 5) is 14.6. The summed E-state index contributed by atoms with van der Waals surface area (Å²) < 4.78 is 5.66. The molecular weight excluding hydrogens is 228 g/mol. The number of benzene rings is 1. The number of hydrogen-bond donors (Lipinski definition) is 2. The average Bonchev–Trinajstić information content (AvgIpc) is 2.90. The van der Waals surface area contributed by atoms with E-state index in [-0.39, 0.29) is 5.56 Å². The SMILES string of the molecule is O=c1[nH]c(OCC2CCCN2)cc2ccccc12. The molecule has 0 amide bonds. The third kappa shape index (κ3) is 2.24. The lowest BCUT2D eigenvalue weighted by Crippen LogP contribution is -2.28. The van der Waals surface area contributed by atoms with Crippen molar-refractivity contribution in [2.75, 3.05) is 13.2 Å². The zero-order valence-electron chi connectivity index (χ0n) is 10.1. The third-order valence-electron chi connectivity index (χ3n) is 3.33. The number of rotatable bonds is 3. The Morgan fingerprint density at radius 3 is 3.06 bits per heavy atom. The van der Waals surface area contributed by atoms with Gasteiger partial charge in [-0.05, 0) is 30.8 Å². The van der Waals surface area contributed by atoms with Crippen molar-refractivity contribution >= 4 is 10.8 Å². The second-order valence-electron chi connectivity index (χ2n) is 4.65. The minimum atomic E-state index is -0.0949. The van der Waals surface area contributed by atoms with E-state index in [1.807, 2.05) is 30.3 Å². The van der Waals surface area contributed by atoms with Crippen LogP contribution in [0.25, 0.3) is 10.8 Å². The van der Waals surface area contributed by atoms with E-state index in [4.69, 9.17) is 4.74 Å². The van der Waals surface area contributed by atoms with Gasteiger partial charge in [0, 0.05) is 17.5 Å². The fraction of sp³-hybridized carbons (Fsp3) is 0.357. The van der Waals surface area contributed by atoms with Crippen LogP contribution >= 0.6 is 0 Å². The summed E-state index contributed by atoms with van der Waals surface area (Å²) in [5.74, 6) is 0.549. The molecular formula is C14H16N2O2. The highest BCUT2D eigenvalue weighted by atomic mass is 16.5. The molecule has 2 N–H and O–H groups in total. The van der Waals surface area contributed by atoms with Gasteiger partial charge in [0.1, 0.15) is 6.61 Å². The maximum atomic E-state index is 11.8. The Kier molecular flexibility index (Phi) is 3.02. The molecule has 94 valence electrons. The lowest BCUT2D eigenvalue weighted by Gasteiger charge is -2.12. The van der Waals surface area contributed by atoms with Gasteiger partial charge in [0.25, 0.3) is 5.56 Å². The summed E-state index contributed by atoms with van der Waals surface area (Å²) in [6.07, 6.45) is 2.33. The first-order valence-electron chi connectivity index (χ1n) is 6.31. The molecule has 0 spiro atoms. The van der Waals surface area contributed by atoms with Gasteiger partial charge >= 0.3 is 0 Å². The van der Waals surface area contributed by atoms with Crippen molar-refractivity contribution in [3.8, 4) is 5.88 Å². The Hall–Kier alpha value is -1.81. The van der Waals surface area contributed by atoms with Crippen molar-refractivity contribution in [1.82, 2.24) is 10.3 Å². The number of ether oxygens (including phenoxy) is 1. The van der Waals surface area contributed by atoms with E-state index in [2.05, 4.69) is 10.3 Å². The number of aromatic nitrogens is 1. The van der Waals surface area contributed by atoms with Gasteiger partial charge < -0.3 is 10.1 Å². The predicted octanol–water partition coefficient (Wildman–Crippen LogP) is 1.66. The van der Waals surface area contributed by atoms with Crippen molar-refractivity contribution in [1.29, 1.82) is 0 Å². The molecule has 3 rings (SSSR count). The first-order valence-corrected chi connectivity index (χ1v) is 6.31. The number of nitrogens with one attached hydrogen (secondary N) is 2. The van der Waals surface area contributed by atoms with Gasteiger partial charge in [-0.25, -0.2) is 0 Å². The highest BCUT2D eigenvalue weighted by molar-refractivity contribution is 5.82. The van der Waals surface area contributed by atoms with Gasteiger partial charge in [-0.2, -0.15) is 0 Å². The van der Waals surface area contributed by atoms with Crippen LogP contribution in [-0.4, -0.2) is 24.2 Å². The molecule has 0 aliphatic carbocycles. The van der Waals surface area contributed by atoms with E-state index >= 15 is 0 Å². The molecule has 1 unspecified atom stereocenters.